The maximum atomic E-state index is 14.3. The van der Waals surface area contributed by atoms with Crippen molar-refractivity contribution in [3.8, 4) is 11.6 Å². The van der Waals surface area contributed by atoms with Crippen molar-refractivity contribution < 1.29 is 17.5 Å². The van der Waals surface area contributed by atoms with E-state index in [0.29, 0.717) is 49.9 Å². The number of hydrogen-bond donors (Lipinski definition) is 1. The number of halogens is 1. The molecule has 0 bridgehead atoms. The minimum Gasteiger partial charge on any atom is -0.385 e. The Bertz CT molecular complexity index is 1190. The number of rotatable bonds is 8. The van der Waals surface area contributed by atoms with Crippen LogP contribution in [0, 0.1) is 5.82 Å². The summed E-state index contributed by atoms with van der Waals surface area (Å²) >= 11 is 0. The quantitative estimate of drug-likeness (QED) is 0.510. The first-order valence-corrected chi connectivity index (χ1v) is 11.6. The molecule has 0 saturated carbocycles. The first-order chi connectivity index (χ1) is 15.5. The SMILES string of the molecule is COCCCNS(=O)(=O)c1cc(F)cc(N2CCc3nc(-c4ncccn4)ncc3C2)c1. The number of methoxy groups -OCH3 is 1. The Balaban J connectivity index is 1.53. The fraction of sp³-hybridized carbons (Fsp3) is 0.333. The Labute approximate surface area is 185 Å². The second-order valence-electron chi connectivity index (χ2n) is 7.30. The van der Waals surface area contributed by atoms with Crippen molar-refractivity contribution in [3.05, 3.63) is 59.9 Å². The van der Waals surface area contributed by atoms with Gasteiger partial charge < -0.3 is 9.64 Å². The van der Waals surface area contributed by atoms with Gasteiger partial charge >= 0.3 is 0 Å². The summed E-state index contributed by atoms with van der Waals surface area (Å²) in [6, 6.07) is 5.57. The van der Waals surface area contributed by atoms with Gasteiger partial charge in [0.15, 0.2) is 11.6 Å². The highest BCUT2D eigenvalue weighted by Gasteiger charge is 2.22. The molecule has 4 rings (SSSR count). The summed E-state index contributed by atoms with van der Waals surface area (Å²) in [6.45, 7) is 1.65. The Hall–Kier alpha value is -3.02. The van der Waals surface area contributed by atoms with Gasteiger partial charge in [-0.2, -0.15) is 0 Å². The monoisotopic (exact) mass is 458 g/mol. The number of sulfonamides is 1. The molecule has 0 atom stereocenters. The average molecular weight is 459 g/mol. The van der Waals surface area contributed by atoms with E-state index in [0.717, 1.165) is 17.3 Å². The third-order valence-electron chi connectivity index (χ3n) is 5.05. The molecule has 1 N–H and O–H groups in total. The number of fused-ring (bicyclic) bond motifs is 1. The molecule has 11 heteroatoms. The first-order valence-electron chi connectivity index (χ1n) is 10.1. The second-order valence-corrected chi connectivity index (χ2v) is 9.07. The molecule has 0 amide bonds. The van der Waals surface area contributed by atoms with Gasteiger partial charge in [0, 0.05) is 69.6 Å². The van der Waals surface area contributed by atoms with E-state index in [1.165, 1.54) is 12.1 Å². The van der Waals surface area contributed by atoms with Crippen LogP contribution in [0.2, 0.25) is 0 Å². The van der Waals surface area contributed by atoms with Gasteiger partial charge in [-0.1, -0.05) is 0 Å². The third kappa shape index (κ3) is 5.06. The lowest BCUT2D eigenvalue weighted by Crippen LogP contribution is -2.32. The molecule has 2 aromatic heterocycles. The average Bonchev–Trinajstić information content (AvgIpc) is 2.81. The highest BCUT2D eigenvalue weighted by atomic mass is 32.2. The molecule has 0 unspecified atom stereocenters. The number of nitrogens with one attached hydrogen (secondary N) is 1. The van der Waals surface area contributed by atoms with Crippen LogP contribution in [0.3, 0.4) is 0 Å². The van der Waals surface area contributed by atoms with E-state index in [-0.39, 0.29) is 11.4 Å². The zero-order valence-electron chi connectivity index (χ0n) is 17.5. The van der Waals surface area contributed by atoms with E-state index < -0.39 is 15.8 Å². The van der Waals surface area contributed by atoms with Crippen LogP contribution in [0.15, 0.2) is 47.8 Å². The van der Waals surface area contributed by atoms with Crippen LogP contribution in [0.5, 0.6) is 0 Å². The minimum absolute atomic E-state index is 0.108. The molecule has 0 fully saturated rings. The lowest BCUT2D eigenvalue weighted by atomic mass is 10.1. The Morgan fingerprint density at radius 1 is 1.16 bits per heavy atom. The predicted octanol–water partition coefficient (Wildman–Crippen LogP) is 1.95. The zero-order valence-corrected chi connectivity index (χ0v) is 18.3. The largest absolute Gasteiger partial charge is 0.385 e. The molecule has 0 spiro atoms. The predicted molar refractivity (Wildman–Crippen MR) is 116 cm³/mol. The summed E-state index contributed by atoms with van der Waals surface area (Å²) < 4.78 is 46.9. The van der Waals surface area contributed by atoms with Gasteiger partial charge in [0.1, 0.15) is 5.82 Å². The first kappa shape index (κ1) is 22.2. The third-order valence-corrected chi connectivity index (χ3v) is 6.49. The van der Waals surface area contributed by atoms with Crippen LogP contribution in [0.25, 0.3) is 11.6 Å². The standard InChI is InChI=1S/C21H23FN6O3S/c1-31-9-3-7-26-32(29,30)18-11-16(22)10-17(12-18)28-8-4-19-15(14-28)13-25-21(27-19)20-23-5-2-6-24-20/h2,5-6,10-13,26H,3-4,7-9,14H2,1H3. The van der Waals surface area contributed by atoms with Crippen molar-refractivity contribution in [3.63, 3.8) is 0 Å². The summed E-state index contributed by atoms with van der Waals surface area (Å²) in [5, 5.41) is 0. The fourth-order valence-electron chi connectivity index (χ4n) is 3.45. The highest BCUT2D eigenvalue weighted by Crippen LogP contribution is 2.27. The van der Waals surface area contributed by atoms with E-state index in [1.54, 1.807) is 31.8 Å². The van der Waals surface area contributed by atoms with Crippen LogP contribution in [-0.2, 0) is 27.7 Å². The number of benzene rings is 1. The van der Waals surface area contributed by atoms with Crippen molar-refractivity contribution in [2.75, 3.05) is 31.7 Å². The van der Waals surface area contributed by atoms with Gasteiger partial charge in [-0.3, -0.25) is 0 Å². The molecule has 0 radical (unpaired) electrons. The lowest BCUT2D eigenvalue weighted by Gasteiger charge is -2.30. The maximum absolute atomic E-state index is 14.3. The van der Waals surface area contributed by atoms with E-state index in [1.807, 2.05) is 4.90 Å². The molecule has 1 aromatic carbocycles. The van der Waals surface area contributed by atoms with Crippen LogP contribution >= 0.6 is 0 Å². The molecule has 3 aromatic rings. The van der Waals surface area contributed by atoms with Crippen molar-refractivity contribution in [2.45, 2.75) is 24.3 Å². The molecule has 9 nitrogen and oxygen atoms in total. The minimum atomic E-state index is -3.83. The Morgan fingerprint density at radius 2 is 1.97 bits per heavy atom. The van der Waals surface area contributed by atoms with Crippen LogP contribution in [0.1, 0.15) is 17.7 Å². The van der Waals surface area contributed by atoms with Gasteiger partial charge in [0.05, 0.1) is 10.6 Å². The van der Waals surface area contributed by atoms with E-state index in [2.05, 4.69) is 24.7 Å². The van der Waals surface area contributed by atoms with Gasteiger partial charge in [0.2, 0.25) is 10.0 Å². The molecule has 1 aliphatic heterocycles. The summed E-state index contributed by atoms with van der Waals surface area (Å²) in [7, 11) is -2.28. The summed E-state index contributed by atoms with van der Waals surface area (Å²) in [6.07, 6.45) is 6.11. The Morgan fingerprint density at radius 3 is 2.75 bits per heavy atom. The van der Waals surface area contributed by atoms with Crippen molar-refractivity contribution in [2.24, 2.45) is 0 Å². The summed E-state index contributed by atoms with van der Waals surface area (Å²) in [4.78, 5) is 19.1. The number of ether oxygens (including phenoxy) is 1. The summed E-state index contributed by atoms with van der Waals surface area (Å²) in [5.41, 5.74) is 2.26. The molecular formula is C21H23FN6O3S. The van der Waals surface area contributed by atoms with Crippen LogP contribution in [-0.4, -0.2) is 55.2 Å². The van der Waals surface area contributed by atoms with Gasteiger partial charge in [-0.25, -0.2) is 37.5 Å². The van der Waals surface area contributed by atoms with Gasteiger partial charge in [0.25, 0.3) is 0 Å². The van der Waals surface area contributed by atoms with Crippen molar-refractivity contribution >= 4 is 15.7 Å². The lowest BCUT2D eigenvalue weighted by molar-refractivity contribution is 0.196. The molecule has 3 heterocycles. The van der Waals surface area contributed by atoms with Crippen LogP contribution in [0.4, 0.5) is 10.1 Å². The Kier molecular flexibility index (Phi) is 6.68. The number of hydrogen-bond acceptors (Lipinski definition) is 8. The molecule has 168 valence electrons. The van der Waals surface area contributed by atoms with E-state index >= 15 is 0 Å². The molecule has 32 heavy (non-hydrogen) atoms. The topological polar surface area (TPSA) is 110 Å². The maximum Gasteiger partial charge on any atom is 0.240 e. The van der Waals surface area contributed by atoms with Gasteiger partial charge in [-0.15, -0.1) is 0 Å². The number of anilines is 1. The highest BCUT2D eigenvalue weighted by molar-refractivity contribution is 7.89. The zero-order chi connectivity index (χ0) is 22.6. The molecule has 0 aliphatic carbocycles. The molecule has 0 saturated heterocycles. The van der Waals surface area contributed by atoms with E-state index in [4.69, 9.17) is 4.74 Å². The van der Waals surface area contributed by atoms with Gasteiger partial charge in [-0.05, 0) is 30.7 Å². The molecular weight excluding hydrogens is 435 g/mol. The normalized spacial score (nSPS) is 13.8. The fourth-order valence-corrected chi connectivity index (χ4v) is 4.57. The second kappa shape index (κ2) is 9.63. The van der Waals surface area contributed by atoms with Crippen molar-refractivity contribution in [1.29, 1.82) is 0 Å². The molecule has 1 aliphatic rings. The smallest absolute Gasteiger partial charge is 0.240 e. The number of nitrogens with zero attached hydrogens (tertiary/aromatic N) is 5. The van der Waals surface area contributed by atoms with Crippen molar-refractivity contribution in [1.82, 2.24) is 24.7 Å². The number of aromatic nitrogens is 4. The summed E-state index contributed by atoms with van der Waals surface area (Å²) in [5.74, 6) is 0.297. The van der Waals surface area contributed by atoms with Crippen LogP contribution < -0.4 is 9.62 Å². The van der Waals surface area contributed by atoms with E-state index in [9.17, 15) is 12.8 Å².